The zero-order chi connectivity index (χ0) is 25.8. The number of hydrogen-bond acceptors (Lipinski definition) is 5. The van der Waals surface area contributed by atoms with E-state index in [9.17, 15) is 13.2 Å². The lowest BCUT2D eigenvalue weighted by atomic mass is 9.90. The largest absolute Gasteiger partial charge is 0.468 e. The first-order valence-electron chi connectivity index (χ1n) is 12.1. The zero-order valence-corrected chi connectivity index (χ0v) is 22.1. The Bertz CT molecular complexity index is 1490. The lowest BCUT2D eigenvalue weighted by Crippen LogP contribution is -2.46. The van der Waals surface area contributed by atoms with E-state index < -0.39 is 10.0 Å². The molecule has 6 nitrogen and oxygen atoms in total. The van der Waals surface area contributed by atoms with Gasteiger partial charge in [0.1, 0.15) is 5.76 Å². The van der Waals surface area contributed by atoms with Crippen LogP contribution in [0, 0.1) is 6.92 Å². The van der Waals surface area contributed by atoms with Crippen LogP contribution in [-0.4, -0.2) is 36.6 Å². The zero-order valence-electron chi connectivity index (χ0n) is 20.5. The van der Waals surface area contributed by atoms with Gasteiger partial charge < -0.3 is 9.32 Å². The van der Waals surface area contributed by atoms with Gasteiger partial charge >= 0.3 is 0 Å². The van der Waals surface area contributed by atoms with E-state index in [4.69, 9.17) is 4.42 Å². The molecule has 2 aromatic carbocycles. The minimum atomic E-state index is -3.92. The lowest BCUT2D eigenvalue weighted by Gasteiger charge is -2.38. The van der Waals surface area contributed by atoms with Gasteiger partial charge in [0.2, 0.25) is 15.9 Å². The monoisotopic (exact) mass is 532 g/mol. The van der Waals surface area contributed by atoms with Crippen LogP contribution in [0.4, 0.5) is 0 Å². The van der Waals surface area contributed by atoms with Gasteiger partial charge in [-0.25, -0.2) is 8.42 Å². The highest BCUT2D eigenvalue weighted by Gasteiger charge is 2.35. The Labute approximate surface area is 221 Å². The summed E-state index contributed by atoms with van der Waals surface area (Å²) in [7, 11) is -3.92. The van der Waals surface area contributed by atoms with Gasteiger partial charge in [-0.1, -0.05) is 54.6 Å². The van der Waals surface area contributed by atoms with Crippen LogP contribution >= 0.6 is 11.3 Å². The van der Waals surface area contributed by atoms with E-state index in [-0.39, 0.29) is 25.0 Å². The molecule has 0 aliphatic carbocycles. The number of fused-ring (bicyclic) bond motifs is 1. The highest BCUT2D eigenvalue weighted by Crippen LogP contribution is 2.39. The summed E-state index contributed by atoms with van der Waals surface area (Å²) in [6, 6.07) is 22.5. The fourth-order valence-corrected chi connectivity index (χ4v) is 6.69. The number of carbonyl (C=O) groups excluding carboxylic acids is 1. The topological polar surface area (TPSA) is 70.8 Å². The summed E-state index contributed by atoms with van der Waals surface area (Å²) in [5.74, 6) is 0.229. The standard InChI is InChI=1S/C29H28N2O4S2/c1-22-8-5-6-12-25(22)29-26-14-18-36-27(26)13-16-31(29)28(32)21-30(20-24-11-7-17-35-24)37(33,34)19-15-23-9-3-2-4-10-23/h2-12,14-15,17-19,29H,13,16,20-21H2,1H3/b19-15+. The quantitative estimate of drug-likeness (QED) is 0.295. The fraction of sp³-hybridized carbons (Fsp3) is 0.207. The second-order valence-electron chi connectivity index (χ2n) is 9.00. The van der Waals surface area contributed by atoms with Crippen LogP contribution in [0.5, 0.6) is 0 Å². The fourth-order valence-electron chi connectivity index (χ4n) is 4.68. The maximum atomic E-state index is 13.9. The average Bonchev–Trinajstić information content (AvgIpc) is 3.60. The van der Waals surface area contributed by atoms with Gasteiger partial charge in [0.15, 0.2) is 0 Å². The molecule has 0 spiro atoms. The molecule has 190 valence electrons. The third-order valence-electron chi connectivity index (χ3n) is 6.59. The summed E-state index contributed by atoms with van der Waals surface area (Å²) in [5.41, 5.74) is 4.02. The van der Waals surface area contributed by atoms with Crippen molar-refractivity contribution in [2.45, 2.75) is 25.9 Å². The first kappa shape index (κ1) is 25.2. The number of carbonyl (C=O) groups is 1. The van der Waals surface area contributed by atoms with Gasteiger partial charge in [-0.15, -0.1) is 11.3 Å². The molecule has 8 heteroatoms. The van der Waals surface area contributed by atoms with Gasteiger partial charge in [0, 0.05) is 16.8 Å². The van der Waals surface area contributed by atoms with E-state index in [2.05, 4.69) is 11.4 Å². The number of thiophene rings is 1. The molecule has 0 bridgehead atoms. The van der Waals surface area contributed by atoms with Crippen molar-refractivity contribution in [3.63, 3.8) is 0 Å². The summed E-state index contributed by atoms with van der Waals surface area (Å²) >= 11 is 1.70. The first-order valence-corrected chi connectivity index (χ1v) is 14.5. The van der Waals surface area contributed by atoms with Crippen LogP contribution in [0.15, 0.2) is 94.3 Å². The number of benzene rings is 2. The Kier molecular flexibility index (Phi) is 7.41. The molecule has 0 saturated heterocycles. The molecular weight excluding hydrogens is 504 g/mol. The van der Waals surface area contributed by atoms with Crippen molar-refractivity contribution < 1.29 is 17.6 Å². The summed E-state index contributed by atoms with van der Waals surface area (Å²) in [6.07, 6.45) is 3.79. The van der Waals surface area contributed by atoms with Crippen molar-refractivity contribution in [2.75, 3.05) is 13.1 Å². The van der Waals surface area contributed by atoms with Crippen LogP contribution < -0.4 is 0 Å². The number of aryl methyl sites for hydroxylation is 1. The van der Waals surface area contributed by atoms with Crippen LogP contribution in [0.3, 0.4) is 0 Å². The molecule has 0 N–H and O–H groups in total. The Balaban J connectivity index is 1.46. The van der Waals surface area contributed by atoms with Crippen molar-refractivity contribution in [1.82, 2.24) is 9.21 Å². The molecule has 4 aromatic rings. The van der Waals surface area contributed by atoms with Gasteiger partial charge in [0.05, 0.1) is 25.4 Å². The minimum Gasteiger partial charge on any atom is -0.468 e. The maximum absolute atomic E-state index is 13.9. The summed E-state index contributed by atoms with van der Waals surface area (Å²) in [4.78, 5) is 16.9. The smallest absolute Gasteiger partial charge is 0.238 e. The third kappa shape index (κ3) is 5.61. The predicted molar refractivity (Wildman–Crippen MR) is 146 cm³/mol. The normalized spacial score (nSPS) is 15.8. The molecule has 1 aliphatic heterocycles. The Morgan fingerprint density at radius 1 is 1.05 bits per heavy atom. The average molecular weight is 533 g/mol. The number of hydrogen-bond donors (Lipinski definition) is 0. The SMILES string of the molecule is Cc1ccccc1C1c2ccsc2CCN1C(=O)CN(Cc1ccco1)S(=O)(=O)/C=C/c1ccccc1. The summed E-state index contributed by atoms with van der Waals surface area (Å²) in [5, 5.41) is 3.22. The highest BCUT2D eigenvalue weighted by molar-refractivity contribution is 7.92. The molecule has 37 heavy (non-hydrogen) atoms. The number of sulfonamides is 1. The highest BCUT2D eigenvalue weighted by atomic mass is 32.2. The van der Waals surface area contributed by atoms with Crippen LogP contribution in [-0.2, 0) is 27.8 Å². The van der Waals surface area contributed by atoms with Crippen molar-refractivity contribution in [3.8, 4) is 0 Å². The molecule has 0 fully saturated rings. The molecule has 2 aromatic heterocycles. The van der Waals surface area contributed by atoms with Gasteiger partial charge in [-0.3, -0.25) is 4.79 Å². The van der Waals surface area contributed by atoms with E-state index >= 15 is 0 Å². The molecule has 0 saturated carbocycles. The van der Waals surface area contributed by atoms with Crippen LogP contribution in [0.25, 0.3) is 6.08 Å². The second-order valence-corrected chi connectivity index (χ2v) is 11.8. The predicted octanol–water partition coefficient (Wildman–Crippen LogP) is 5.63. The Morgan fingerprint density at radius 3 is 2.59 bits per heavy atom. The minimum absolute atomic E-state index is 0.0349. The maximum Gasteiger partial charge on any atom is 0.238 e. The molecular formula is C29H28N2O4S2. The first-order chi connectivity index (χ1) is 17.9. The van der Waals surface area contributed by atoms with Crippen LogP contribution in [0.2, 0.25) is 0 Å². The van der Waals surface area contributed by atoms with E-state index in [0.29, 0.717) is 12.3 Å². The van der Waals surface area contributed by atoms with Crippen LogP contribution in [0.1, 0.15) is 38.9 Å². The summed E-state index contributed by atoms with van der Waals surface area (Å²) in [6.45, 7) is 2.25. The van der Waals surface area contributed by atoms with E-state index in [1.165, 1.54) is 15.4 Å². The molecule has 3 heterocycles. The van der Waals surface area contributed by atoms with Crippen molar-refractivity contribution >= 4 is 33.3 Å². The van der Waals surface area contributed by atoms with Gasteiger partial charge in [-0.2, -0.15) is 4.31 Å². The third-order valence-corrected chi connectivity index (χ3v) is 9.04. The van der Waals surface area contributed by atoms with Gasteiger partial charge in [0.25, 0.3) is 0 Å². The number of amides is 1. The molecule has 1 aliphatic rings. The molecule has 0 radical (unpaired) electrons. The molecule has 1 atom stereocenters. The van der Waals surface area contributed by atoms with E-state index in [1.807, 2.05) is 66.4 Å². The number of nitrogens with zero attached hydrogens (tertiary/aromatic N) is 2. The van der Waals surface area contributed by atoms with E-state index in [0.717, 1.165) is 34.1 Å². The van der Waals surface area contributed by atoms with Crippen molar-refractivity contribution in [2.24, 2.45) is 0 Å². The lowest BCUT2D eigenvalue weighted by molar-refractivity contribution is -0.133. The summed E-state index contributed by atoms with van der Waals surface area (Å²) < 4.78 is 33.5. The molecule has 5 rings (SSSR count). The van der Waals surface area contributed by atoms with Crippen molar-refractivity contribution in [3.05, 3.63) is 123 Å². The molecule has 1 amide bonds. The van der Waals surface area contributed by atoms with Crippen molar-refractivity contribution in [1.29, 1.82) is 0 Å². The molecule has 1 unspecified atom stereocenters. The number of rotatable bonds is 8. The van der Waals surface area contributed by atoms with Gasteiger partial charge in [-0.05, 0) is 65.3 Å². The second kappa shape index (κ2) is 10.9. The number of furan rings is 1. The Morgan fingerprint density at radius 2 is 1.84 bits per heavy atom. The Hall–Kier alpha value is -3.46. The van der Waals surface area contributed by atoms with E-state index in [1.54, 1.807) is 29.5 Å².